The molecule has 0 atom stereocenters. The van der Waals surface area contributed by atoms with Crippen LogP contribution >= 0.6 is 0 Å². The molecule has 1 saturated carbocycles. The number of amides is 1. The smallest absolute Gasteiger partial charge is 0.261 e. The molecule has 1 aliphatic carbocycles. The Morgan fingerprint density at radius 2 is 1.77 bits per heavy atom. The van der Waals surface area contributed by atoms with Crippen LogP contribution in [0, 0.1) is 5.92 Å². The van der Waals surface area contributed by atoms with E-state index in [1.165, 1.54) is 12.8 Å². The van der Waals surface area contributed by atoms with E-state index in [1.54, 1.807) is 6.07 Å². The number of nitrogens with zero attached hydrogens (tertiary/aromatic N) is 1. The van der Waals surface area contributed by atoms with Crippen molar-refractivity contribution in [1.29, 1.82) is 0 Å². The topological polar surface area (TPSA) is 65.2 Å². The summed E-state index contributed by atoms with van der Waals surface area (Å²) in [4.78, 5) is 29.8. The van der Waals surface area contributed by atoms with E-state index in [0.717, 1.165) is 36.6 Å². The molecule has 2 fully saturated rings. The Kier molecular flexibility index (Phi) is 4.89. The summed E-state index contributed by atoms with van der Waals surface area (Å²) in [7, 11) is 0. The Morgan fingerprint density at radius 1 is 1.04 bits per heavy atom. The molecule has 136 valence electrons. The second-order valence-corrected chi connectivity index (χ2v) is 7.40. The summed E-state index contributed by atoms with van der Waals surface area (Å²) in [6.45, 7) is 2.53. The molecular weight excluding hydrogens is 326 g/mol. The molecule has 0 radical (unpaired) electrons. The zero-order valence-corrected chi connectivity index (χ0v) is 14.9. The molecule has 4 rings (SSSR count). The molecule has 1 amide bonds. The van der Waals surface area contributed by atoms with Crippen LogP contribution in [0.3, 0.4) is 0 Å². The minimum Gasteiger partial charge on any atom is -0.338 e. The molecule has 26 heavy (non-hydrogen) atoms. The summed E-state index contributed by atoms with van der Waals surface area (Å²) in [6, 6.07) is 13.6. The zero-order valence-electron chi connectivity index (χ0n) is 14.9. The van der Waals surface area contributed by atoms with Gasteiger partial charge in [-0.3, -0.25) is 9.59 Å². The molecule has 0 unspecified atom stereocenters. The average Bonchev–Trinajstić information content (AvgIpc) is 3.51. The van der Waals surface area contributed by atoms with E-state index < -0.39 is 0 Å². The van der Waals surface area contributed by atoms with Crippen molar-refractivity contribution in [2.24, 2.45) is 5.92 Å². The van der Waals surface area contributed by atoms with Crippen LogP contribution in [0.5, 0.6) is 0 Å². The third-order valence-electron chi connectivity index (χ3n) is 5.40. The van der Waals surface area contributed by atoms with Gasteiger partial charge < -0.3 is 15.2 Å². The number of piperidine rings is 1. The van der Waals surface area contributed by atoms with Crippen molar-refractivity contribution in [1.82, 2.24) is 15.2 Å². The van der Waals surface area contributed by atoms with Crippen molar-refractivity contribution >= 4 is 5.91 Å². The molecule has 2 aliphatic rings. The van der Waals surface area contributed by atoms with Gasteiger partial charge in [0.25, 0.3) is 11.5 Å². The Hall–Kier alpha value is -2.40. The third-order valence-corrected chi connectivity index (χ3v) is 5.40. The first-order valence-electron chi connectivity index (χ1n) is 9.52. The number of H-pyrrole nitrogens is 1. The van der Waals surface area contributed by atoms with E-state index in [9.17, 15) is 9.59 Å². The molecule has 2 aromatic rings. The second-order valence-electron chi connectivity index (χ2n) is 7.40. The number of hydrogen-bond donors (Lipinski definition) is 2. The van der Waals surface area contributed by atoms with E-state index in [0.29, 0.717) is 19.1 Å². The average molecular weight is 351 g/mol. The third kappa shape index (κ3) is 3.88. The molecule has 1 aromatic carbocycles. The van der Waals surface area contributed by atoms with E-state index in [-0.39, 0.29) is 17.0 Å². The summed E-state index contributed by atoms with van der Waals surface area (Å²) in [5, 5.41) is 3.61. The van der Waals surface area contributed by atoms with E-state index >= 15 is 0 Å². The molecule has 2 N–H and O–H groups in total. The van der Waals surface area contributed by atoms with E-state index in [2.05, 4.69) is 10.3 Å². The van der Waals surface area contributed by atoms with E-state index in [4.69, 9.17) is 0 Å². The van der Waals surface area contributed by atoms with Crippen LogP contribution in [0.4, 0.5) is 0 Å². The van der Waals surface area contributed by atoms with Gasteiger partial charge in [0.1, 0.15) is 5.56 Å². The fourth-order valence-corrected chi connectivity index (χ4v) is 3.54. The number of rotatable bonds is 5. The number of benzene rings is 1. The first-order chi connectivity index (χ1) is 12.7. The molecule has 1 aromatic heterocycles. The normalized spacial score (nSPS) is 18.1. The molecule has 0 bridgehead atoms. The van der Waals surface area contributed by atoms with Gasteiger partial charge in [-0.1, -0.05) is 30.3 Å². The van der Waals surface area contributed by atoms with Crippen LogP contribution in [0.15, 0.2) is 47.3 Å². The van der Waals surface area contributed by atoms with Crippen LogP contribution in [0.25, 0.3) is 11.3 Å². The maximum absolute atomic E-state index is 12.7. The second kappa shape index (κ2) is 7.46. The summed E-state index contributed by atoms with van der Waals surface area (Å²) < 4.78 is 0. The van der Waals surface area contributed by atoms with Gasteiger partial charge >= 0.3 is 0 Å². The number of nitrogens with one attached hydrogen (secondary N) is 2. The monoisotopic (exact) mass is 351 g/mol. The van der Waals surface area contributed by atoms with Crippen molar-refractivity contribution in [3.63, 3.8) is 0 Å². The van der Waals surface area contributed by atoms with Crippen LogP contribution in [-0.4, -0.2) is 41.5 Å². The van der Waals surface area contributed by atoms with Gasteiger partial charge in [-0.2, -0.15) is 0 Å². The maximum Gasteiger partial charge on any atom is 0.261 e. The van der Waals surface area contributed by atoms with Crippen LogP contribution < -0.4 is 10.9 Å². The van der Waals surface area contributed by atoms with Crippen LogP contribution in [0.1, 0.15) is 36.0 Å². The fraction of sp³-hybridized carbons (Fsp3) is 0.429. The minimum absolute atomic E-state index is 0.161. The summed E-state index contributed by atoms with van der Waals surface area (Å²) >= 11 is 0. The lowest BCUT2D eigenvalue weighted by molar-refractivity contribution is 0.0703. The molecule has 5 nitrogen and oxygen atoms in total. The highest BCUT2D eigenvalue weighted by Gasteiger charge is 2.27. The zero-order chi connectivity index (χ0) is 17.9. The Morgan fingerprint density at radius 3 is 2.42 bits per heavy atom. The molecule has 1 saturated heterocycles. The Balaban J connectivity index is 1.39. The molecule has 2 heterocycles. The number of pyridine rings is 1. The van der Waals surface area contributed by atoms with Crippen molar-refractivity contribution in [3.05, 3.63) is 58.4 Å². The lowest BCUT2D eigenvalue weighted by Gasteiger charge is -2.32. The van der Waals surface area contributed by atoms with Crippen molar-refractivity contribution < 1.29 is 4.79 Å². The Bertz CT molecular complexity index is 819. The number of hydrogen-bond acceptors (Lipinski definition) is 3. The highest BCUT2D eigenvalue weighted by Crippen LogP contribution is 2.28. The molecule has 5 heteroatoms. The maximum atomic E-state index is 12.7. The van der Waals surface area contributed by atoms with E-state index in [1.807, 2.05) is 41.3 Å². The Labute approximate surface area is 153 Å². The lowest BCUT2D eigenvalue weighted by Crippen LogP contribution is -2.46. The van der Waals surface area contributed by atoms with Crippen molar-refractivity contribution in [3.8, 4) is 11.3 Å². The first kappa shape index (κ1) is 17.0. The minimum atomic E-state index is -0.315. The molecule has 0 spiro atoms. The number of likely N-dealkylation sites (tertiary alicyclic amines) is 1. The SMILES string of the molecule is O=C(c1ccc(-c2ccccc2)[nH]c1=O)N1CCC(NCC2CC2)CC1. The lowest BCUT2D eigenvalue weighted by atomic mass is 10.0. The first-order valence-corrected chi connectivity index (χ1v) is 9.52. The van der Waals surface area contributed by atoms with Gasteiger partial charge in [-0.25, -0.2) is 0 Å². The molecular formula is C21H25N3O2. The summed E-state index contributed by atoms with van der Waals surface area (Å²) in [5.74, 6) is 0.711. The van der Waals surface area contributed by atoms with Gasteiger partial charge in [-0.05, 0) is 55.8 Å². The van der Waals surface area contributed by atoms with Gasteiger partial charge in [0.2, 0.25) is 0 Å². The number of carbonyl (C=O) groups excluding carboxylic acids is 1. The standard InChI is InChI=1S/C21H25N3O2/c25-20-18(8-9-19(23-20)16-4-2-1-3-5-16)21(26)24-12-10-17(11-13-24)22-14-15-6-7-15/h1-5,8-9,15,17,22H,6-7,10-14H2,(H,23,25). The summed E-state index contributed by atoms with van der Waals surface area (Å²) in [6.07, 6.45) is 4.62. The summed E-state index contributed by atoms with van der Waals surface area (Å²) in [5.41, 5.74) is 1.58. The molecule has 1 aliphatic heterocycles. The predicted octanol–water partition coefficient (Wildman–Crippen LogP) is 2.65. The fourth-order valence-electron chi connectivity index (χ4n) is 3.54. The highest BCUT2D eigenvalue weighted by atomic mass is 16.2. The van der Waals surface area contributed by atoms with Crippen molar-refractivity contribution in [2.75, 3.05) is 19.6 Å². The van der Waals surface area contributed by atoms with Crippen LogP contribution in [-0.2, 0) is 0 Å². The van der Waals surface area contributed by atoms with Gasteiger partial charge in [0, 0.05) is 24.8 Å². The number of aromatic amines is 1. The largest absolute Gasteiger partial charge is 0.338 e. The van der Waals surface area contributed by atoms with Crippen LogP contribution in [0.2, 0.25) is 0 Å². The van der Waals surface area contributed by atoms with Crippen molar-refractivity contribution in [2.45, 2.75) is 31.7 Å². The van der Waals surface area contributed by atoms with Gasteiger partial charge in [0.15, 0.2) is 0 Å². The number of carbonyl (C=O) groups is 1. The number of aromatic nitrogens is 1. The van der Waals surface area contributed by atoms with Gasteiger partial charge in [0.05, 0.1) is 0 Å². The predicted molar refractivity (Wildman–Crippen MR) is 102 cm³/mol. The highest BCUT2D eigenvalue weighted by molar-refractivity contribution is 5.94. The quantitative estimate of drug-likeness (QED) is 0.870. The van der Waals surface area contributed by atoms with Gasteiger partial charge in [-0.15, -0.1) is 0 Å².